The molecule has 110 valence electrons. The minimum atomic E-state index is -0.450. The molecule has 0 saturated heterocycles. The van der Waals surface area contributed by atoms with Crippen LogP contribution in [-0.2, 0) is 6.54 Å². The van der Waals surface area contributed by atoms with Crippen molar-refractivity contribution >= 4 is 11.5 Å². The quantitative estimate of drug-likeness (QED) is 0.578. The largest absolute Gasteiger partial charge is 0.360 e. The smallest absolute Gasteiger partial charge is 0.311 e. The van der Waals surface area contributed by atoms with Gasteiger partial charge in [0.1, 0.15) is 0 Å². The number of rotatable bonds is 5. The normalized spacial score (nSPS) is 10.4. The number of nitro groups is 1. The second-order valence-corrected chi connectivity index (χ2v) is 4.56. The van der Waals surface area contributed by atoms with E-state index in [0.717, 1.165) is 11.3 Å². The summed E-state index contributed by atoms with van der Waals surface area (Å²) in [7, 11) is 0. The Morgan fingerprint density at radius 1 is 1.14 bits per heavy atom. The maximum absolute atomic E-state index is 11.0. The van der Waals surface area contributed by atoms with Crippen LogP contribution in [0.3, 0.4) is 0 Å². The van der Waals surface area contributed by atoms with Gasteiger partial charge in [-0.15, -0.1) is 0 Å². The molecule has 7 heteroatoms. The molecule has 0 bridgehead atoms. The molecule has 2 heterocycles. The molecule has 3 aromatic rings. The summed E-state index contributed by atoms with van der Waals surface area (Å²) in [6, 6.07) is 12.5. The number of aromatic nitrogens is 3. The summed E-state index contributed by atoms with van der Waals surface area (Å²) >= 11 is 0. The average Bonchev–Trinajstić information content (AvgIpc) is 3.07. The van der Waals surface area contributed by atoms with Gasteiger partial charge in [0, 0.05) is 31.2 Å². The van der Waals surface area contributed by atoms with Crippen LogP contribution in [-0.4, -0.2) is 19.7 Å². The first-order chi connectivity index (χ1) is 10.8. The van der Waals surface area contributed by atoms with E-state index in [4.69, 9.17) is 0 Å². The van der Waals surface area contributed by atoms with Gasteiger partial charge in [-0.3, -0.25) is 10.1 Å². The standard InChI is InChI=1S/C15H13N5O2/c21-20(22)14-7-3-8-16-15(14)17-11-12-5-1-2-6-13(12)19-10-4-9-18-19/h1-10H,11H2,(H,16,17). The monoisotopic (exact) mass is 295 g/mol. The van der Waals surface area contributed by atoms with Crippen LogP contribution in [0, 0.1) is 10.1 Å². The Morgan fingerprint density at radius 2 is 2.00 bits per heavy atom. The third-order valence-corrected chi connectivity index (χ3v) is 3.17. The highest BCUT2D eigenvalue weighted by Gasteiger charge is 2.14. The molecule has 0 saturated carbocycles. The van der Waals surface area contributed by atoms with Crippen LogP contribution >= 0.6 is 0 Å². The van der Waals surface area contributed by atoms with Crippen molar-refractivity contribution in [2.45, 2.75) is 6.54 Å². The minimum Gasteiger partial charge on any atom is -0.360 e. The summed E-state index contributed by atoms with van der Waals surface area (Å²) in [5.74, 6) is 0.253. The van der Waals surface area contributed by atoms with Crippen LogP contribution in [0.5, 0.6) is 0 Å². The molecule has 1 N–H and O–H groups in total. The minimum absolute atomic E-state index is 0.0425. The fourth-order valence-electron chi connectivity index (χ4n) is 2.15. The number of para-hydroxylation sites is 1. The number of pyridine rings is 1. The summed E-state index contributed by atoms with van der Waals surface area (Å²) in [4.78, 5) is 14.6. The maximum atomic E-state index is 11.0. The molecule has 0 spiro atoms. The SMILES string of the molecule is O=[N+]([O-])c1cccnc1NCc1ccccc1-n1cccn1. The van der Waals surface area contributed by atoms with E-state index in [1.165, 1.54) is 12.3 Å². The zero-order chi connectivity index (χ0) is 15.4. The van der Waals surface area contributed by atoms with Gasteiger partial charge in [-0.05, 0) is 23.8 Å². The van der Waals surface area contributed by atoms with Gasteiger partial charge < -0.3 is 5.32 Å². The third kappa shape index (κ3) is 2.78. The number of nitrogens with zero attached hydrogens (tertiary/aromatic N) is 4. The van der Waals surface area contributed by atoms with Crippen molar-refractivity contribution < 1.29 is 4.92 Å². The molecule has 22 heavy (non-hydrogen) atoms. The molecule has 0 radical (unpaired) electrons. The second kappa shape index (κ2) is 6.04. The fourth-order valence-corrected chi connectivity index (χ4v) is 2.15. The van der Waals surface area contributed by atoms with Crippen LogP contribution in [0.2, 0.25) is 0 Å². The molecule has 7 nitrogen and oxygen atoms in total. The first-order valence-corrected chi connectivity index (χ1v) is 6.67. The van der Waals surface area contributed by atoms with Gasteiger partial charge >= 0.3 is 5.69 Å². The van der Waals surface area contributed by atoms with Crippen molar-refractivity contribution in [2.75, 3.05) is 5.32 Å². The van der Waals surface area contributed by atoms with Crippen molar-refractivity contribution in [3.05, 3.63) is 76.7 Å². The Bertz CT molecular complexity index is 786. The number of hydrogen-bond donors (Lipinski definition) is 1. The van der Waals surface area contributed by atoms with E-state index in [0.29, 0.717) is 6.54 Å². The lowest BCUT2D eigenvalue weighted by Gasteiger charge is -2.11. The van der Waals surface area contributed by atoms with Gasteiger partial charge in [0.25, 0.3) is 0 Å². The second-order valence-electron chi connectivity index (χ2n) is 4.56. The lowest BCUT2D eigenvalue weighted by atomic mass is 10.1. The number of nitrogens with one attached hydrogen (secondary N) is 1. The molecule has 0 aliphatic carbocycles. The molecule has 0 unspecified atom stereocenters. The number of anilines is 1. The Morgan fingerprint density at radius 3 is 2.77 bits per heavy atom. The predicted molar refractivity (Wildman–Crippen MR) is 81.8 cm³/mol. The van der Waals surface area contributed by atoms with E-state index in [9.17, 15) is 10.1 Å². The Hall–Kier alpha value is -3.22. The average molecular weight is 295 g/mol. The predicted octanol–water partition coefficient (Wildman–Crippen LogP) is 2.79. The van der Waals surface area contributed by atoms with Gasteiger partial charge in [-0.2, -0.15) is 5.10 Å². The van der Waals surface area contributed by atoms with Crippen LogP contribution in [0.25, 0.3) is 5.69 Å². The summed E-state index contributed by atoms with van der Waals surface area (Å²) in [5, 5.41) is 18.2. The van der Waals surface area contributed by atoms with Crippen molar-refractivity contribution in [1.29, 1.82) is 0 Å². The summed E-state index contributed by atoms with van der Waals surface area (Å²) in [6.07, 6.45) is 5.07. The Balaban J connectivity index is 1.85. The molecule has 1 aromatic carbocycles. The van der Waals surface area contributed by atoms with E-state index in [1.54, 1.807) is 16.9 Å². The van der Waals surface area contributed by atoms with Crippen LogP contribution in [0.4, 0.5) is 11.5 Å². The first kappa shape index (κ1) is 13.7. The van der Waals surface area contributed by atoms with Crippen molar-refractivity contribution in [2.24, 2.45) is 0 Å². The van der Waals surface area contributed by atoms with Gasteiger partial charge in [-0.25, -0.2) is 9.67 Å². The lowest BCUT2D eigenvalue weighted by Crippen LogP contribution is -2.07. The number of hydrogen-bond acceptors (Lipinski definition) is 5. The summed E-state index contributed by atoms with van der Waals surface area (Å²) in [5.41, 5.74) is 1.84. The molecule has 0 atom stereocenters. The Kier molecular flexibility index (Phi) is 3.78. The highest BCUT2D eigenvalue weighted by atomic mass is 16.6. The van der Waals surface area contributed by atoms with Crippen molar-refractivity contribution in [3.63, 3.8) is 0 Å². The highest BCUT2D eigenvalue weighted by Crippen LogP contribution is 2.22. The van der Waals surface area contributed by atoms with Gasteiger partial charge in [-0.1, -0.05) is 18.2 Å². The maximum Gasteiger partial charge on any atom is 0.311 e. The number of benzene rings is 1. The van der Waals surface area contributed by atoms with Gasteiger partial charge in [0.15, 0.2) is 0 Å². The van der Waals surface area contributed by atoms with E-state index >= 15 is 0 Å². The zero-order valence-electron chi connectivity index (χ0n) is 11.6. The molecule has 0 aliphatic heterocycles. The topological polar surface area (TPSA) is 85.9 Å². The van der Waals surface area contributed by atoms with Crippen LogP contribution in [0.1, 0.15) is 5.56 Å². The summed E-state index contributed by atoms with van der Waals surface area (Å²) < 4.78 is 1.75. The van der Waals surface area contributed by atoms with E-state index in [1.807, 2.05) is 36.5 Å². The molecule has 3 rings (SSSR count). The van der Waals surface area contributed by atoms with Crippen LogP contribution in [0.15, 0.2) is 61.1 Å². The van der Waals surface area contributed by atoms with Crippen molar-refractivity contribution in [3.8, 4) is 5.69 Å². The van der Waals surface area contributed by atoms with Gasteiger partial charge in [0.2, 0.25) is 5.82 Å². The van der Waals surface area contributed by atoms with Crippen LogP contribution < -0.4 is 5.32 Å². The highest BCUT2D eigenvalue weighted by molar-refractivity contribution is 5.56. The molecular weight excluding hydrogens is 282 g/mol. The van der Waals surface area contributed by atoms with Crippen molar-refractivity contribution in [1.82, 2.24) is 14.8 Å². The van der Waals surface area contributed by atoms with E-state index in [2.05, 4.69) is 15.4 Å². The molecule has 2 aromatic heterocycles. The molecule has 0 amide bonds. The molecular formula is C15H13N5O2. The third-order valence-electron chi connectivity index (χ3n) is 3.17. The fraction of sp³-hybridized carbons (Fsp3) is 0.0667. The van der Waals surface area contributed by atoms with E-state index in [-0.39, 0.29) is 11.5 Å². The lowest BCUT2D eigenvalue weighted by molar-refractivity contribution is -0.384. The molecule has 0 aliphatic rings. The van der Waals surface area contributed by atoms with Gasteiger partial charge in [0.05, 0.1) is 10.6 Å². The van der Waals surface area contributed by atoms with E-state index < -0.39 is 4.92 Å². The molecule has 0 fully saturated rings. The first-order valence-electron chi connectivity index (χ1n) is 6.67. The zero-order valence-corrected chi connectivity index (χ0v) is 11.6. The Labute approximate surface area is 126 Å². The summed E-state index contributed by atoms with van der Waals surface area (Å²) in [6.45, 7) is 0.411.